The molecule has 0 fully saturated rings. The molecule has 1 aromatic heterocycles. The van der Waals surface area contributed by atoms with Gasteiger partial charge in [0.05, 0.1) is 11.6 Å². The number of hydrogen-bond donors (Lipinski definition) is 1. The molecule has 1 N–H and O–H groups in total. The molecule has 0 aliphatic rings. The second-order valence-corrected chi connectivity index (χ2v) is 4.67. The quantitative estimate of drug-likeness (QED) is 0.935. The molecule has 0 aliphatic heterocycles. The number of hydrogen-bond acceptors (Lipinski definition) is 4. The van der Waals surface area contributed by atoms with Gasteiger partial charge in [-0.25, -0.2) is 8.78 Å². The Hall–Kier alpha value is -1.60. The smallest absolute Gasteiger partial charge is 0.170 e. The van der Waals surface area contributed by atoms with E-state index < -0.39 is 11.6 Å². The lowest BCUT2D eigenvalue weighted by atomic mass is 10.3. The summed E-state index contributed by atoms with van der Waals surface area (Å²) < 4.78 is 28.0. The van der Waals surface area contributed by atoms with Crippen LogP contribution in [-0.4, -0.2) is 26.2 Å². The Balaban J connectivity index is 2.40. The van der Waals surface area contributed by atoms with Gasteiger partial charge in [0.15, 0.2) is 11.6 Å². The minimum Gasteiger partial charge on any atom is -0.308 e. The fourth-order valence-electron chi connectivity index (χ4n) is 1.52. The van der Waals surface area contributed by atoms with Crippen LogP contribution < -0.4 is 5.32 Å². The number of nitrogens with zero attached hydrogens (tertiary/aromatic N) is 4. The molecule has 0 amide bonds. The largest absolute Gasteiger partial charge is 0.308 e. The Morgan fingerprint density at radius 3 is 2.74 bits per heavy atom. The summed E-state index contributed by atoms with van der Waals surface area (Å²) in [5.41, 5.74) is -0.0615. The molecule has 0 saturated carbocycles. The van der Waals surface area contributed by atoms with Gasteiger partial charge in [0.1, 0.15) is 11.5 Å². The zero-order valence-corrected chi connectivity index (χ0v) is 11.1. The molecule has 0 radical (unpaired) electrons. The van der Waals surface area contributed by atoms with Crippen molar-refractivity contribution >= 4 is 11.6 Å². The molecule has 0 saturated heterocycles. The third-order valence-electron chi connectivity index (χ3n) is 2.40. The van der Waals surface area contributed by atoms with Crippen molar-refractivity contribution in [3.8, 4) is 5.69 Å². The third-order valence-corrected chi connectivity index (χ3v) is 2.68. The lowest BCUT2D eigenvalue weighted by Gasteiger charge is -2.10. The molecule has 1 aromatic carbocycles. The first kappa shape index (κ1) is 13.8. The average molecular weight is 288 g/mol. The van der Waals surface area contributed by atoms with E-state index in [1.165, 1.54) is 0 Å². The van der Waals surface area contributed by atoms with Gasteiger partial charge >= 0.3 is 0 Å². The van der Waals surface area contributed by atoms with Crippen LogP contribution in [0.5, 0.6) is 0 Å². The highest BCUT2D eigenvalue weighted by molar-refractivity contribution is 6.32. The van der Waals surface area contributed by atoms with Crippen LogP contribution in [0.15, 0.2) is 12.1 Å². The van der Waals surface area contributed by atoms with Crippen LogP contribution in [0, 0.1) is 11.6 Å². The van der Waals surface area contributed by atoms with Gasteiger partial charge in [-0.2, -0.15) is 4.68 Å². The van der Waals surface area contributed by atoms with Crippen molar-refractivity contribution in [3.63, 3.8) is 0 Å². The van der Waals surface area contributed by atoms with Gasteiger partial charge in [0.25, 0.3) is 0 Å². The van der Waals surface area contributed by atoms with E-state index in [1.807, 2.05) is 13.8 Å². The molecule has 2 aromatic rings. The Kier molecular flexibility index (Phi) is 4.06. The maximum Gasteiger partial charge on any atom is 0.170 e. The molecular weight excluding hydrogens is 276 g/mol. The fourth-order valence-corrected chi connectivity index (χ4v) is 1.80. The average Bonchev–Trinajstić information content (AvgIpc) is 2.73. The summed E-state index contributed by atoms with van der Waals surface area (Å²) in [5, 5.41) is 14.0. The van der Waals surface area contributed by atoms with E-state index in [9.17, 15) is 8.78 Å². The number of rotatable bonds is 4. The first-order valence-electron chi connectivity index (χ1n) is 5.64. The van der Waals surface area contributed by atoms with Gasteiger partial charge in [-0.1, -0.05) is 25.4 Å². The minimum atomic E-state index is -0.817. The summed E-state index contributed by atoms with van der Waals surface area (Å²) in [6.07, 6.45) is 0. The van der Waals surface area contributed by atoms with Gasteiger partial charge in [-0.3, -0.25) is 0 Å². The standard InChI is InChI=1S/C11H12ClF2N5/c1-6(2)15-5-10-16-17-18-19(10)11-8(12)3-7(13)4-9(11)14/h3-4,6,15H,5H2,1-2H3. The molecule has 8 heteroatoms. The number of benzene rings is 1. The summed E-state index contributed by atoms with van der Waals surface area (Å²) >= 11 is 5.84. The van der Waals surface area contributed by atoms with E-state index in [1.54, 1.807) is 0 Å². The lowest BCUT2D eigenvalue weighted by Crippen LogP contribution is -2.24. The molecule has 5 nitrogen and oxygen atoms in total. The van der Waals surface area contributed by atoms with E-state index in [2.05, 4.69) is 20.8 Å². The normalized spacial score (nSPS) is 11.3. The van der Waals surface area contributed by atoms with Crippen LogP contribution in [0.4, 0.5) is 8.78 Å². The number of nitrogens with one attached hydrogen (secondary N) is 1. The zero-order chi connectivity index (χ0) is 14.0. The maximum absolute atomic E-state index is 13.8. The van der Waals surface area contributed by atoms with Crippen LogP contribution in [0.2, 0.25) is 5.02 Å². The van der Waals surface area contributed by atoms with E-state index >= 15 is 0 Å². The van der Waals surface area contributed by atoms with Crippen LogP contribution in [0.25, 0.3) is 5.69 Å². The number of halogens is 3. The van der Waals surface area contributed by atoms with E-state index in [0.29, 0.717) is 12.4 Å². The maximum atomic E-state index is 13.8. The molecule has 19 heavy (non-hydrogen) atoms. The van der Waals surface area contributed by atoms with Crippen LogP contribution in [0.1, 0.15) is 19.7 Å². The molecule has 0 unspecified atom stereocenters. The van der Waals surface area contributed by atoms with Crippen molar-refractivity contribution in [2.75, 3.05) is 0 Å². The highest BCUT2D eigenvalue weighted by Gasteiger charge is 2.17. The second-order valence-electron chi connectivity index (χ2n) is 4.26. The Bertz CT molecular complexity index is 561. The first-order chi connectivity index (χ1) is 8.99. The molecule has 0 bridgehead atoms. The molecule has 102 valence electrons. The summed E-state index contributed by atoms with van der Waals surface area (Å²) in [6, 6.07) is 1.97. The third kappa shape index (κ3) is 3.05. The molecule has 0 aliphatic carbocycles. The van der Waals surface area contributed by atoms with Gasteiger partial charge in [0, 0.05) is 12.1 Å². The van der Waals surface area contributed by atoms with E-state index in [0.717, 1.165) is 16.8 Å². The van der Waals surface area contributed by atoms with Gasteiger partial charge in [-0.05, 0) is 16.5 Å². The topological polar surface area (TPSA) is 55.6 Å². The molecule has 0 spiro atoms. The zero-order valence-electron chi connectivity index (χ0n) is 10.4. The SMILES string of the molecule is CC(C)NCc1nnnn1-c1c(F)cc(F)cc1Cl. The second kappa shape index (κ2) is 5.58. The minimum absolute atomic E-state index is 0.0615. The summed E-state index contributed by atoms with van der Waals surface area (Å²) in [4.78, 5) is 0. The summed E-state index contributed by atoms with van der Waals surface area (Å²) in [7, 11) is 0. The fraction of sp³-hybridized carbons (Fsp3) is 0.364. The van der Waals surface area contributed by atoms with Crippen molar-refractivity contribution < 1.29 is 8.78 Å². The Labute approximate surface area is 113 Å². The molecule has 1 heterocycles. The van der Waals surface area contributed by atoms with Crippen molar-refractivity contribution in [2.24, 2.45) is 0 Å². The van der Waals surface area contributed by atoms with Crippen LogP contribution in [0.3, 0.4) is 0 Å². The van der Waals surface area contributed by atoms with Crippen molar-refractivity contribution in [1.82, 2.24) is 25.5 Å². The van der Waals surface area contributed by atoms with Gasteiger partial charge in [-0.15, -0.1) is 5.10 Å². The Morgan fingerprint density at radius 1 is 1.37 bits per heavy atom. The van der Waals surface area contributed by atoms with Crippen molar-refractivity contribution in [1.29, 1.82) is 0 Å². The molecule has 0 atom stereocenters. The predicted molar refractivity (Wildman–Crippen MR) is 66.1 cm³/mol. The lowest BCUT2D eigenvalue weighted by molar-refractivity contribution is 0.548. The highest BCUT2D eigenvalue weighted by Crippen LogP contribution is 2.24. The van der Waals surface area contributed by atoms with Crippen LogP contribution in [-0.2, 0) is 6.54 Å². The monoisotopic (exact) mass is 287 g/mol. The number of aromatic nitrogens is 4. The number of tetrazole rings is 1. The Morgan fingerprint density at radius 2 is 2.11 bits per heavy atom. The predicted octanol–water partition coefficient (Wildman–Crippen LogP) is 2.09. The first-order valence-corrected chi connectivity index (χ1v) is 6.02. The molecule has 2 rings (SSSR count). The van der Waals surface area contributed by atoms with Gasteiger partial charge in [0.2, 0.25) is 0 Å². The van der Waals surface area contributed by atoms with Crippen molar-refractivity contribution in [2.45, 2.75) is 26.4 Å². The van der Waals surface area contributed by atoms with E-state index in [-0.39, 0.29) is 16.8 Å². The molecular formula is C11H12ClF2N5. The van der Waals surface area contributed by atoms with Crippen molar-refractivity contribution in [3.05, 3.63) is 34.6 Å². The summed E-state index contributed by atoms with van der Waals surface area (Å²) in [6.45, 7) is 4.26. The summed E-state index contributed by atoms with van der Waals surface area (Å²) in [5.74, 6) is -1.18. The van der Waals surface area contributed by atoms with E-state index in [4.69, 9.17) is 11.6 Å². The highest BCUT2D eigenvalue weighted by atomic mass is 35.5. The van der Waals surface area contributed by atoms with Crippen LogP contribution >= 0.6 is 11.6 Å². The van der Waals surface area contributed by atoms with Gasteiger partial charge < -0.3 is 5.32 Å².